The molecule has 1 aliphatic rings. The number of alkyl halides is 3. The van der Waals surface area contributed by atoms with Crippen LogP contribution >= 0.6 is 0 Å². The van der Waals surface area contributed by atoms with Crippen molar-refractivity contribution in [1.82, 2.24) is 9.78 Å². The molecular formula is C12H19F3N4. The SMILES string of the molecule is CC(C)c1nn(C)c(N(CC(F)(F)F)C2CC2)c1N. The zero-order chi connectivity index (χ0) is 14.4. The van der Waals surface area contributed by atoms with Crippen LogP contribution in [-0.4, -0.2) is 28.5 Å². The molecular weight excluding hydrogens is 257 g/mol. The van der Waals surface area contributed by atoms with Crippen LogP contribution in [0, 0.1) is 0 Å². The number of nitrogen functional groups attached to an aromatic ring is 1. The molecule has 0 bridgehead atoms. The van der Waals surface area contributed by atoms with Crippen LogP contribution in [0.15, 0.2) is 0 Å². The van der Waals surface area contributed by atoms with Crippen LogP contribution in [0.3, 0.4) is 0 Å². The molecule has 108 valence electrons. The van der Waals surface area contributed by atoms with Gasteiger partial charge in [-0.2, -0.15) is 18.3 Å². The van der Waals surface area contributed by atoms with Gasteiger partial charge in [0.15, 0.2) is 5.82 Å². The fourth-order valence-electron chi connectivity index (χ4n) is 2.28. The molecule has 1 aromatic heterocycles. The van der Waals surface area contributed by atoms with Crippen molar-refractivity contribution in [1.29, 1.82) is 0 Å². The second-order valence-corrected chi connectivity index (χ2v) is 5.38. The minimum absolute atomic E-state index is 0.0701. The van der Waals surface area contributed by atoms with Crippen LogP contribution in [0.4, 0.5) is 24.7 Å². The number of nitrogens with two attached hydrogens (primary N) is 1. The summed E-state index contributed by atoms with van der Waals surface area (Å²) in [5.74, 6) is 0.482. The Morgan fingerprint density at radius 3 is 2.37 bits per heavy atom. The van der Waals surface area contributed by atoms with Crippen molar-refractivity contribution >= 4 is 11.5 Å². The molecule has 1 heterocycles. The van der Waals surface area contributed by atoms with E-state index in [2.05, 4.69) is 5.10 Å². The number of aromatic nitrogens is 2. The van der Waals surface area contributed by atoms with Gasteiger partial charge in [0.1, 0.15) is 6.54 Å². The Morgan fingerprint density at radius 1 is 1.42 bits per heavy atom. The first-order valence-electron chi connectivity index (χ1n) is 6.36. The molecule has 1 aromatic rings. The van der Waals surface area contributed by atoms with E-state index in [1.54, 1.807) is 7.05 Å². The molecule has 19 heavy (non-hydrogen) atoms. The zero-order valence-electron chi connectivity index (χ0n) is 11.3. The van der Waals surface area contributed by atoms with Crippen LogP contribution in [0.25, 0.3) is 0 Å². The largest absolute Gasteiger partial charge is 0.405 e. The number of hydrogen-bond donors (Lipinski definition) is 1. The van der Waals surface area contributed by atoms with E-state index < -0.39 is 12.7 Å². The van der Waals surface area contributed by atoms with Crippen LogP contribution in [0.2, 0.25) is 0 Å². The van der Waals surface area contributed by atoms with Crippen LogP contribution in [-0.2, 0) is 7.05 Å². The van der Waals surface area contributed by atoms with Crippen LogP contribution in [0.1, 0.15) is 38.3 Å². The summed E-state index contributed by atoms with van der Waals surface area (Å²) in [4.78, 5) is 1.34. The average Bonchev–Trinajstić information content (AvgIpc) is 3.02. The second kappa shape index (κ2) is 4.61. The maximum atomic E-state index is 12.7. The first kappa shape index (κ1) is 14.0. The Morgan fingerprint density at radius 2 is 2.00 bits per heavy atom. The van der Waals surface area contributed by atoms with E-state index in [0.717, 1.165) is 12.8 Å². The number of halogens is 3. The maximum absolute atomic E-state index is 12.7. The summed E-state index contributed by atoms with van der Waals surface area (Å²) < 4.78 is 39.6. The van der Waals surface area contributed by atoms with E-state index in [0.29, 0.717) is 17.2 Å². The summed E-state index contributed by atoms with van der Waals surface area (Å²) in [5.41, 5.74) is 7.02. The van der Waals surface area contributed by atoms with Crippen molar-refractivity contribution in [3.8, 4) is 0 Å². The Bertz CT molecular complexity index is 460. The number of anilines is 2. The smallest absolute Gasteiger partial charge is 0.394 e. The average molecular weight is 276 g/mol. The van der Waals surface area contributed by atoms with Crippen molar-refractivity contribution in [2.75, 3.05) is 17.2 Å². The van der Waals surface area contributed by atoms with Gasteiger partial charge >= 0.3 is 6.18 Å². The molecule has 2 N–H and O–H groups in total. The lowest BCUT2D eigenvalue weighted by molar-refractivity contribution is -0.120. The standard InChI is InChI=1S/C12H19F3N4/c1-7(2)10-9(16)11(18(3)17-10)19(8-4-5-8)6-12(13,14)15/h7-8H,4-6,16H2,1-3H3. The third-order valence-electron chi connectivity index (χ3n) is 3.24. The predicted octanol–water partition coefficient (Wildman–Crippen LogP) is 2.66. The first-order valence-corrected chi connectivity index (χ1v) is 6.36. The molecule has 0 aromatic carbocycles. The quantitative estimate of drug-likeness (QED) is 0.919. The third-order valence-corrected chi connectivity index (χ3v) is 3.24. The third kappa shape index (κ3) is 2.96. The normalized spacial score (nSPS) is 16.2. The van der Waals surface area contributed by atoms with Crippen molar-refractivity contribution < 1.29 is 13.2 Å². The number of aryl methyl sites for hydroxylation is 1. The molecule has 1 fully saturated rings. The van der Waals surface area contributed by atoms with Gasteiger partial charge in [0, 0.05) is 13.1 Å². The molecule has 0 atom stereocenters. The van der Waals surface area contributed by atoms with Crippen molar-refractivity contribution in [2.45, 2.75) is 44.8 Å². The van der Waals surface area contributed by atoms with Crippen LogP contribution < -0.4 is 10.6 Å². The van der Waals surface area contributed by atoms with E-state index in [1.807, 2.05) is 13.8 Å². The van der Waals surface area contributed by atoms with E-state index >= 15 is 0 Å². The summed E-state index contributed by atoms with van der Waals surface area (Å²) in [6, 6.07) is -0.0701. The molecule has 7 heteroatoms. The molecule has 4 nitrogen and oxygen atoms in total. The van der Waals surface area contributed by atoms with Gasteiger partial charge in [-0.3, -0.25) is 4.68 Å². The minimum atomic E-state index is -4.24. The highest BCUT2D eigenvalue weighted by Crippen LogP contribution is 2.39. The van der Waals surface area contributed by atoms with Gasteiger partial charge in [-0.15, -0.1) is 0 Å². The molecule has 0 aliphatic heterocycles. The lowest BCUT2D eigenvalue weighted by Crippen LogP contribution is -2.37. The molecule has 0 saturated heterocycles. The van der Waals surface area contributed by atoms with Gasteiger partial charge in [0.2, 0.25) is 0 Å². The van der Waals surface area contributed by atoms with Crippen molar-refractivity contribution in [3.05, 3.63) is 5.69 Å². The van der Waals surface area contributed by atoms with Gasteiger partial charge in [-0.05, 0) is 18.8 Å². The van der Waals surface area contributed by atoms with Gasteiger partial charge in [-0.1, -0.05) is 13.8 Å². The first-order chi connectivity index (χ1) is 8.70. The second-order valence-electron chi connectivity index (χ2n) is 5.38. The topological polar surface area (TPSA) is 47.1 Å². The van der Waals surface area contributed by atoms with Crippen LogP contribution in [0.5, 0.6) is 0 Å². The molecule has 0 spiro atoms. The molecule has 1 saturated carbocycles. The minimum Gasteiger partial charge on any atom is -0.394 e. The summed E-state index contributed by atoms with van der Waals surface area (Å²) in [6.45, 7) is 2.88. The summed E-state index contributed by atoms with van der Waals surface area (Å²) in [5, 5.41) is 4.25. The van der Waals surface area contributed by atoms with Crippen molar-refractivity contribution in [3.63, 3.8) is 0 Å². The Balaban J connectivity index is 2.37. The lowest BCUT2D eigenvalue weighted by atomic mass is 10.1. The molecule has 1 aliphatic carbocycles. The number of nitrogens with zero attached hydrogens (tertiary/aromatic N) is 3. The van der Waals surface area contributed by atoms with E-state index in [4.69, 9.17) is 5.73 Å². The van der Waals surface area contributed by atoms with Gasteiger partial charge in [0.05, 0.1) is 11.4 Å². The molecule has 0 amide bonds. The zero-order valence-corrected chi connectivity index (χ0v) is 11.3. The monoisotopic (exact) mass is 276 g/mol. The van der Waals surface area contributed by atoms with Gasteiger partial charge in [0.25, 0.3) is 0 Å². The summed E-state index contributed by atoms with van der Waals surface area (Å²) in [7, 11) is 1.64. The lowest BCUT2D eigenvalue weighted by Gasteiger charge is -2.26. The summed E-state index contributed by atoms with van der Waals surface area (Å²) >= 11 is 0. The Labute approximate surface area is 110 Å². The fraction of sp³-hybridized carbons (Fsp3) is 0.750. The number of rotatable bonds is 4. The van der Waals surface area contributed by atoms with E-state index in [-0.39, 0.29) is 12.0 Å². The number of hydrogen-bond acceptors (Lipinski definition) is 3. The highest BCUT2D eigenvalue weighted by molar-refractivity contribution is 5.68. The molecule has 2 rings (SSSR count). The fourth-order valence-corrected chi connectivity index (χ4v) is 2.28. The van der Waals surface area contributed by atoms with E-state index in [9.17, 15) is 13.2 Å². The maximum Gasteiger partial charge on any atom is 0.405 e. The highest BCUT2D eigenvalue weighted by atomic mass is 19.4. The van der Waals surface area contributed by atoms with Crippen molar-refractivity contribution in [2.24, 2.45) is 7.05 Å². The Kier molecular flexibility index (Phi) is 3.40. The van der Waals surface area contributed by atoms with Gasteiger partial charge in [-0.25, -0.2) is 0 Å². The van der Waals surface area contributed by atoms with E-state index in [1.165, 1.54) is 9.58 Å². The molecule has 0 unspecified atom stereocenters. The highest BCUT2D eigenvalue weighted by Gasteiger charge is 2.40. The molecule has 0 radical (unpaired) electrons. The summed E-state index contributed by atoms with van der Waals surface area (Å²) in [6.07, 6.45) is -2.69. The Hall–Kier alpha value is -1.40. The predicted molar refractivity (Wildman–Crippen MR) is 68.1 cm³/mol. The van der Waals surface area contributed by atoms with Gasteiger partial charge < -0.3 is 10.6 Å².